The first-order valence-electron chi connectivity index (χ1n) is 7.87. The fourth-order valence-corrected chi connectivity index (χ4v) is 2.30. The van der Waals surface area contributed by atoms with E-state index in [4.69, 9.17) is 4.74 Å². The second kappa shape index (κ2) is 8.82. The summed E-state index contributed by atoms with van der Waals surface area (Å²) in [4.78, 5) is 4.54. The Morgan fingerprint density at radius 3 is 2.87 bits per heavy atom. The third-order valence-electron chi connectivity index (χ3n) is 3.43. The highest BCUT2D eigenvalue weighted by molar-refractivity contribution is 5.79. The van der Waals surface area contributed by atoms with E-state index >= 15 is 0 Å². The summed E-state index contributed by atoms with van der Waals surface area (Å²) < 4.78 is 5.42. The molecule has 6 heteroatoms. The lowest BCUT2D eigenvalue weighted by Crippen LogP contribution is -2.38. The van der Waals surface area contributed by atoms with Crippen LogP contribution in [0.1, 0.15) is 23.7 Å². The van der Waals surface area contributed by atoms with Crippen LogP contribution in [0, 0.1) is 6.92 Å². The quantitative estimate of drug-likeness (QED) is 0.540. The number of aromatic nitrogens is 2. The Bertz CT molecular complexity index is 622. The van der Waals surface area contributed by atoms with Gasteiger partial charge in [-0.25, -0.2) is 4.99 Å². The molecule has 0 saturated carbocycles. The SMILES string of the molecule is CCNC(=NCc1ccn[nH]1)NCCc1cc(C)ccc1OC. The molecule has 0 radical (unpaired) electrons. The summed E-state index contributed by atoms with van der Waals surface area (Å²) in [6.45, 7) is 6.32. The summed E-state index contributed by atoms with van der Waals surface area (Å²) in [5.74, 6) is 1.73. The largest absolute Gasteiger partial charge is 0.496 e. The number of aliphatic imine (C=N–C) groups is 1. The predicted octanol–water partition coefficient (Wildman–Crippen LogP) is 2.02. The summed E-state index contributed by atoms with van der Waals surface area (Å²) in [6, 6.07) is 8.16. The molecule has 23 heavy (non-hydrogen) atoms. The number of hydrogen-bond acceptors (Lipinski definition) is 3. The molecule has 2 aromatic rings. The van der Waals surface area contributed by atoms with Gasteiger partial charge in [-0.15, -0.1) is 0 Å². The van der Waals surface area contributed by atoms with Gasteiger partial charge in [0.25, 0.3) is 0 Å². The van der Waals surface area contributed by atoms with Gasteiger partial charge in [-0.05, 0) is 38.0 Å². The molecule has 1 aromatic heterocycles. The second-order valence-corrected chi connectivity index (χ2v) is 5.27. The molecule has 0 aliphatic carbocycles. The number of nitrogens with one attached hydrogen (secondary N) is 3. The van der Waals surface area contributed by atoms with E-state index < -0.39 is 0 Å². The molecule has 0 fully saturated rings. The van der Waals surface area contributed by atoms with Gasteiger partial charge in [0.2, 0.25) is 0 Å². The number of aryl methyl sites for hydroxylation is 1. The van der Waals surface area contributed by atoms with Gasteiger partial charge in [-0.3, -0.25) is 5.10 Å². The van der Waals surface area contributed by atoms with Crippen LogP contribution in [0.4, 0.5) is 0 Å². The van der Waals surface area contributed by atoms with E-state index in [-0.39, 0.29) is 0 Å². The number of guanidine groups is 1. The Balaban J connectivity index is 1.91. The monoisotopic (exact) mass is 315 g/mol. The van der Waals surface area contributed by atoms with Crippen molar-refractivity contribution in [3.8, 4) is 5.75 Å². The molecule has 0 atom stereocenters. The Morgan fingerprint density at radius 2 is 2.17 bits per heavy atom. The second-order valence-electron chi connectivity index (χ2n) is 5.27. The minimum Gasteiger partial charge on any atom is -0.496 e. The van der Waals surface area contributed by atoms with Crippen molar-refractivity contribution in [2.75, 3.05) is 20.2 Å². The van der Waals surface area contributed by atoms with Crippen molar-refractivity contribution >= 4 is 5.96 Å². The summed E-state index contributed by atoms with van der Waals surface area (Å²) in [7, 11) is 1.71. The number of rotatable bonds is 7. The zero-order valence-electron chi connectivity index (χ0n) is 14.0. The maximum Gasteiger partial charge on any atom is 0.191 e. The third-order valence-corrected chi connectivity index (χ3v) is 3.43. The molecule has 0 amide bonds. The van der Waals surface area contributed by atoms with Crippen LogP contribution in [0.25, 0.3) is 0 Å². The first kappa shape index (κ1) is 16.9. The Kier molecular flexibility index (Phi) is 6.47. The number of benzene rings is 1. The van der Waals surface area contributed by atoms with Gasteiger partial charge in [-0.2, -0.15) is 5.10 Å². The van der Waals surface area contributed by atoms with Gasteiger partial charge in [-0.1, -0.05) is 17.7 Å². The van der Waals surface area contributed by atoms with Crippen molar-refractivity contribution in [1.82, 2.24) is 20.8 Å². The van der Waals surface area contributed by atoms with E-state index in [1.165, 1.54) is 11.1 Å². The van der Waals surface area contributed by atoms with Crippen LogP contribution in [-0.4, -0.2) is 36.4 Å². The van der Waals surface area contributed by atoms with E-state index in [9.17, 15) is 0 Å². The van der Waals surface area contributed by atoms with E-state index in [0.717, 1.165) is 36.9 Å². The van der Waals surface area contributed by atoms with Crippen molar-refractivity contribution in [2.24, 2.45) is 4.99 Å². The zero-order valence-corrected chi connectivity index (χ0v) is 14.0. The van der Waals surface area contributed by atoms with Gasteiger partial charge in [0.05, 0.1) is 19.3 Å². The molecule has 0 aliphatic rings. The number of H-pyrrole nitrogens is 1. The van der Waals surface area contributed by atoms with Gasteiger partial charge in [0, 0.05) is 19.3 Å². The van der Waals surface area contributed by atoms with Crippen LogP contribution in [0.15, 0.2) is 35.5 Å². The lowest BCUT2D eigenvalue weighted by Gasteiger charge is -2.13. The molecule has 1 heterocycles. The van der Waals surface area contributed by atoms with E-state index in [1.807, 2.05) is 12.1 Å². The Hall–Kier alpha value is -2.50. The molecule has 1 aromatic carbocycles. The number of methoxy groups -OCH3 is 1. The van der Waals surface area contributed by atoms with Crippen LogP contribution in [0.2, 0.25) is 0 Å². The van der Waals surface area contributed by atoms with E-state index in [1.54, 1.807) is 13.3 Å². The average Bonchev–Trinajstić information content (AvgIpc) is 3.06. The summed E-state index contributed by atoms with van der Waals surface area (Å²) in [6.07, 6.45) is 2.61. The summed E-state index contributed by atoms with van der Waals surface area (Å²) in [5, 5.41) is 13.4. The van der Waals surface area contributed by atoms with Crippen LogP contribution in [0.3, 0.4) is 0 Å². The minimum absolute atomic E-state index is 0.573. The molecule has 0 saturated heterocycles. The van der Waals surface area contributed by atoms with Crippen LogP contribution >= 0.6 is 0 Å². The number of nitrogens with zero attached hydrogens (tertiary/aromatic N) is 2. The molecular formula is C17H25N5O. The lowest BCUT2D eigenvalue weighted by atomic mass is 10.1. The van der Waals surface area contributed by atoms with E-state index in [2.05, 4.69) is 51.8 Å². The smallest absolute Gasteiger partial charge is 0.191 e. The maximum absolute atomic E-state index is 5.42. The fourth-order valence-electron chi connectivity index (χ4n) is 2.30. The standard InChI is InChI=1S/C17H25N5O/c1-4-18-17(20-12-15-8-10-21-22-15)19-9-7-14-11-13(2)5-6-16(14)23-3/h5-6,8,10-11H,4,7,9,12H2,1-3H3,(H,21,22)(H2,18,19,20). The van der Waals surface area contributed by atoms with Crippen molar-refractivity contribution < 1.29 is 4.74 Å². The van der Waals surface area contributed by atoms with Crippen LogP contribution in [-0.2, 0) is 13.0 Å². The average molecular weight is 315 g/mol. The molecule has 0 unspecified atom stereocenters. The molecule has 0 spiro atoms. The molecule has 0 aliphatic heterocycles. The summed E-state index contributed by atoms with van der Waals surface area (Å²) in [5.41, 5.74) is 3.42. The topological polar surface area (TPSA) is 74.3 Å². The van der Waals surface area contributed by atoms with Gasteiger partial charge < -0.3 is 15.4 Å². The van der Waals surface area contributed by atoms with Crippen molar-refractivity contribution in [2.45, 2.75) is 26.8 Å². The third kappa shape index (κ3) is 5.32. The highest BCUT2D eigenvalue weighted by atomic mass is 16.5. The fraction of sp³-hybridized carbons (Fsp3) is 0.412. The molecule has 124 valence electrons. The first-order valence-corrected chi connectivity index (χ1v) is 7.87. The molecular weight excluding hydrogens is 290 g/mol. The predicted molar refractivity (Wildman–Crippen MR) is 92.8 cm³/mol. The number of hydrogen-bond donors (Lipinski definition) is 3. The highest BCUT2D eigenvalue weighted by Gasteiger charge is 2.04. The van der Waals surface area contributed by atoms with E-state index in [0.29, 0.717) is 6.54 Å². The van der Waals surface area contributed by atoms with Crippen molar-refractivity contribution in [3.05, 3.63) is 47.3 Å². The Morgan fingerprint density at radius 1 is 1.30 bits per heavy atom. The van der Waals surface area contributed by atoms with Gasteiger partial charge in [0.1, 0.15) is 5.75 Å². The highest BCUT2D eigenvalue weighted by Crippen LogP contribution is 2.19. The van der Waals surface area contributed by atoms with Gasteiger partial charge in [0.15, 0.2) is 5.96 Å². The first-order chi connectivity index (χ1) is 11.2. The maximum atomic E-state index is 5.42. The minimum atomic E-state index is 0.573. The summed E-state index contributed by atoms with van der Waals surface area (Å²) >= 11 is 0. The lowest BCUT2D eigenvalue weighted by molar-refractivity contribution is 0.409. The van der Waals surface area contributed by atoms with Gasteiger partial charge >= 0.3 is 0 Å². The number of aromatic amines is 1. The molecule has 3 N–H and O–H groups in total. The zero-order chi connectivity index (χ0) is 16.5. The molecule has 0 bridgehead atoms. The molecule has 2 rings (SSSR count). The van der Waals surface area contributed by atoms with Crippen molar-refractivity contribution in [1.29, 1.82) is 0 Å². The number of ether oxygens (including phenoxy) is 1. The molecule has 6 nitrogen and oxygen atoms in total. The van der Waals surface area contributed by atoms with Crippen LogP contribution < -0.4 is 15.4 Å². The normalized spacial score (nSPS) is 11.3. The van der Waals surface area contributed by atoms with Crippen LogP contribution in [0.5, 0.6) is 5.75 Å². The Labute approximate surface area is 137 Å². The van der Waals surface area contributed by atoms with Crippen molar-refractivity contribution in [3.63, 3.8) is 0 Å².